The van der Waals surface area contributed by atoms with Crippen molar-refractivity contribution >= 4 is 0 Å². The summed E-state index contributed by atoms with van der Waals surface area (Å²) in [4.78, 5) is 2.18. The summed E-state index contributed by atoms with van der Waals surface area (Å²) in [5, 5.41) is 9.34. The predicted octanol–water partition coefficient (Wildman–Crippen LogP) is 1.43. The van der Waals surface area contributed by atoms with Crippen molar-refractivity contribution in [3.05, 3.63) is 35.6 Å². The van der Waals surface area contributed by atoms with Crippen LogP contribution in [0.4, 0.5) is 4.39 Å². The molecule has 0 aliphatic carbocycles. The highest BCUT2D eigenvalue weighted by atomic mass is 19.1. The summed E-state index contributed by atoms with van der Waals surface area (Å²) in [6.07, 6.45) is 1.38. The van der Waals surface area contributed by atoms with Gasteiger partial charge in [0.05, 0.1) is 6.10 Å². The normalized spacial score (nSPS) is 22.1. The number of benzene rings is 1. The summed E-state index contributed by atoms with van der Waals surface area (Å²) in [6, 6.07) is 6.88. The second-order valence-electron chi connectivity index (χ2n) is 4.08. The van der Waals surface area contributed by atoms with E-state index in [1.54, 1.807) is 6.07 Å². The van der Waals surface area contributed by atoms with Crippen LogP contribution < -0.4 is 0 Å². The molecule has 0 amide bonds. The molecule has 0 bridgehead atoms. The summed E-state index contributed by atoms with van der Waals surface area (Å²) in [6.45, 7) is 2.49. The van der Waals surface area contributed by atoms with Crippen LogP contribution in [0, 0.1) is 5.82 Å². The van der Waals surface area contributed by atoms with Crippen LogP contribution in [-0.2, 0) is 6.42 Å². The van der Waals surface area contributed by atoms with Gasteiger partial charge in [-0.3, -0.25) is 0 Å². The Bertz CT molecular complexity index is 329. The third kappa shape index (κ3) is 2.76. The third-order valence-corrected chi connectivity index (χ3v) is 2.90. The fourth-order valence-corrected chi connectivity index (χ4v) is 2.00. The number of aliphatic hydroxyl groups is 1. The molecule has 0 aromatic heterocycles. The minimum Gasteiger partial charge on any atom is -0.392 e. The lowest BCUT2D eigenvalue weighted by atomic mass is 10.1. The Hall–Kier alpha value is -0.930. The first-order valence-corrected chi connectivity index (χ1v) is 5.39. The smallest absolute Gasteiger partial charge is 0.126 e. The number of β-amino-alcohol motifs (C(OH)–C–C–N with tert-alkyl or cyclic N) is 1. The fraction of sp³-hybridized carbons (Fsp3) is 0.500. The molecule has 1 atom stereocenters. The Morgan fingerprint density at radius 2 is 2.20 bits per heavy atom. The highest BCUT2D eigenvalue weighted by Gasteiger charge is 2.19. The van der Waals surface area contributed by atoms with Gasteiger partial charge in [0.25, 0.3) is 0 Å². The zero-order valence-corrected chi connectivity index (χ0v) is 8.69. The lowest BCUT2D eigenvalue weighted by Crippen LogP contribution is -2.24. The summed E-state index contributed by atoms with van der Waals surface area (Å²) < 4.78 is 13.3. The van der Waals surface area contributed by atoms with Gasteiger partial charge >= 0.3 is 0 Å². The van der Waals surface area contributed by atoms with Crippen molar-refractivity contribution in [3.63, 3.8) is 0 Å². The summed E-state index contributed by atoms with van der Waals surface area (Å²) in [5.74, 6) is -0.128. The fourth-order valence-electron chi connectivity index (χ4n) is 2.00. The first kappa shape index (κ1) is 10.6. The van der Waals surface area contributed by atoms with Crippen LogP contribution in [0.2, 0.25) is 0 Å². The van der Waals surface area contributed by atoms with Crippen molar-refractivity contribution in [1.29, 1.82) is 0 Å². The van der Waals surface area contributed by atoms with Crippen molar-refractivity contribution in [2.24, 2.45) is 0 Å². The Morgan fingerprint density at radius 1 is 1.40 bits per heavy atom. The molecular weight excluding hydrogens is 193 g/mol. The minimum atomic E-state index is -0.189. The Kier molecular flexibility index (Phi) is 3.34. The zero-order chi connectivity index (χ0) is 10.7. The Morgan fingerprint density at radius 3 is 2.87 bits per heavy atom. The highest BCUT2D eigenvalue weighted by molar-refractivity contribution is 5.17. The number of rotatable bonds is 3. The number of likely N-dealkylation sites (tertiary alicyclic amines) is 1. The molecule has 3 heteroatoms. The standard InChI is InChI=1S/C12H16FNO/c13-12-4-2-1-3-10(12)5-7-14-8-6-11(15)9-14/h1-4,11,15H,5-9H2. The van der Waals surface area contributed by atoms with E-state index in [0.717, 1.165) is 38.0 Å². The monoisotopic (exact) mass is 209 g/mol. The van der Waals surface area contributed by atoms with Gasteiger partial charge in [0.2, 0.25) is 0 Å². The minimum absolute atomic E-state index is 0.128. The molecule has 1 fully saturated rings. The van der Waals surface area contributed by atoms with E-state index in [1.165, 1.54) is 6.07 Å². The lowest BCUT2D eigenvalue weighted by molar-refractivity contribution is 0.176. The van der Waals surface area contributed by atoms with E-state index >= 15 is 0 Å². The maximum atomic E-state index is 13.3. The van der Waals surface area contributed by atoms with Crippen LogP contribution in [0.3, 0.4) is 0 Å². The number of hydrogen-bond acceptors (Lipinski definition) is 2. The SMILES string of the molecule is OC1CCN(CCc2ccccc2F)C1. The van der Waals surface area contributed by atoms with E-state index in [4.69, 9.17) is 0 Å². The summed E-state index contributed by atoms with van der Waals surface area (Å²) in [5.41, 5.74) is 0.763. The first-order valence-electron chi connectivity index (χ1n) is 5.39. The van der Waals surface area contributed by atoms with Crippen LogP contribution in [-0.4, -0.2) is 35.7 Å². The van der Waals surface area contributed by atoms with E-state index in [-0.39, 0.29) is 11.9 Å². The Labute approximate surface area is 89.3 Å². The van der Waals surface area contributed by atoms with Gasteiger partial charge in [-0.25, -0.2) is 4.39 Å². The summed E-state index contributed by atoms with van der Waals surface area (Å²) >= 11 is 0. The molecule has 1 N–H and O–H groups in total. The van der Waals surface area contributed by atoms with Crippen LogP contribution in [0.5, 0.6) is 0 Å². The van der Waals surface area contributed by atoms with E-state index in [2.05, 4.69) is 4.90 Å². The van der Waals surface area contributed by atoms with Gasteiger partial charge in [-0.05, 0) is 24.5 Å². The average molecular weight is 209 g/mol. The van der Waals surface area contributed by atoms with Crippen LogP contribution in [0.15, 0.2) is 24.3 Å². The van der Waals surface area contributed by atoms with Crippen molar-refractivity contribution in [2.75, 3.05) is 19.6 Å². The number of aliphatic hydroxyl groups excluding tert-OH is 1. The molecule has 2 rings (SSSR count). The van der Waals surface area contributed by atoms with E-state index in [9.17, 15) is 9.50 Å². The largest absolute Gasteiger partial charge is 0.392 e. The number of hydrogen-bond donors (Lipinski definition) is 1. The molecule has 1 unspecified atom stereocenters. The first-order chi connectivity index (χ1) is 7.25. The maximum Gasteiger partial charge on any atom is 0.126 e. The zero-order valence-electron chi connectivity index (χ0n) is 8.69. The van der Waals surface area contributed by atoms with Crippen molar-refractivity contribution in [3.8, 4) is 0 Å². The number of nitrogens with zero attached hydrogens (tertiary/aromatic N) is 1. The van der Waals surface area contributed by atoms with Gasteiger partial charge in [0, 0.05) is 19.6 Å². The molecule has 15 heavy (non-hydrogen) atoms. The Balaban J connectivity index is 1.86. The van der Waals surface area contributed by atoms with Gasteiger partial charge < -0.3 is 10.0 Å². The molecule has 0 spiro atoms. The second-order valence-corrected chi connectivity index (χ2v) is 4.08. The molecule has 1 aromatic rings. The molecule has 1 aliphatic heterocycles. The molecule has 1 aromatic carbocycles. The second kappa shape index (κ2) is 4.73. The van der Waals surface area contributed by atoms with Gasteiger partial charge in [0.15, 0.2) is 0 Å². The van der Waals surface area contributed by atoms with Crippen LogP contribution in [0.25, 0.3) is 0 Å². The highest BCUT2D eigenvalue weighted by Crippen LogP contribution is 2.12. The molecule has 82 valence electrons. The van der Waals surface area contributed by atoms with E-state index < -0.39 is 0 Å². The third-order valence-electron chi connectivity index (χ3n) is 2.90. The van der Waals surface area contributed by atoms with Crippen molar-refractivity contribution < 1.29 is 9.50 Å². The molecule has 2 nitrogen and oxygen atoms in total. The molecule has 1 heterocycles. The maximum absolute atomic E-state index is 13.3. The van der Waals surface area contributed by atoms with Gasteiger partial charge in [-0.1, -0.05) is 18.2 Å². The predicted molar refractivity (Wildman–Crippen MR) is 57.2 cm³/mol. The quantitative estimate of drug-likeness (QED) is 0.814. The molecule has 0 saturated carbocycles. The van der Waals surface area contributed by atoms with Gasteiger partial charge in [0.1, 0.15) is 5.82 Å². The average Bonchev–Trinajstić information content (AvgIpc) is 2.63. The molecule has 1 aliphatic rings. The van der Waals surface area contributed by atoms with Crippen molar-refractivity contribution in [1.82, 2.24) is 4.90 Å². The van der Waals surface area contributed by atoms with E-state index in [0.29, 0.717) is 0 Å². The van der Waals surface area contributed by atoms with Crippen LogP contribution >= 0.6 is 0 Å². The van der Waals surface area contributed by atoms with Gasteiger partial charge in [-0.15, -0.1) is 0 Å². The van der Waals surface area contributed by atoms with Gasteiger partial charge in [-0.2, -0.15) is 0 Å². The van der Waals surface area contributed by atoms with Crippen molar-refractivity contribution in [2.45, 2.75) is 18.9 Å². The van der Waals surface area contributed by atoms with Crippen LogP contribution in [0.1, 0.15) is 12.0 Å². The molecular formula is C12H16FNO. The molecule has 1 saturated heterocycles. The lowest BCUT2D eigenvalue weighted by Gasteiger charge is -2.14. The molecule has 0 radical (unpaired) electrons. The van der Waals surface area contributed by atoms with E-state index in [1.807, 2.05) is 12.1 Å². The number of halogens is 1. The topological polar surface area (TPSA) is 23.5 Å². The summed E-state index contributed by atoms with van der Waals surface area (Å²) in [7, 11) is 0.